The van der Waals surface area contributed by atoms with Gasteiger partial charge >= 0.3 is 0 Å². The first-order valence-corrected chi connectivity index (χ1v) is 12.0. The van der Waals surface area contributed by atoms with Crippen LogP contribution < -0.4 is 14.9 Å². The van der Waals surface area contributed by atoms with E-state index in [4.69, 9.17) is 0 Å². The number of nitrogens with zero attached hydrogens (tertiary/aromatic N) is 5. The highest BCUT2D eigenvalue weighted by Gasteiger charge is 2.21. The Morgan fingerprint density at radius 2 is 1.93 bits per heavy atom. The maximum absolute atomic E-state index is 11.4. The third-order valence-corrected chi connectivity index (χ3v) is 6.48. The van der Waals surface area contributed by atoms with Gasteiger partial charge in [-0.25, -0.2) is 18.1 Å². The summed E-state index contributed by atoms with van der Waals surface area (Å²) in [6.07, 6.45) is 1.54. The number of guanidine groups is 1. The fraction of sp³-hybridized carbons (Fsp3) is 0.812. The standard InChI is InChI=1S/C16H31N7O2S2.HI/c1-4-14-20-16(26-21-14)23-12-10-22(11-13-23)15(17-5-2)18-8-7-9-19-27(24,25)6-3;/h19H,4-13H2,1-3H3,(H,17,18);1H. The minimum Gasteiger partial charge on any atom is -0.357 e. The molecule has 0 unspecified atom stereocenters. The maximum atomic E-state index is 11.4. The molecular weight excluding hydrogens is 513 g/mol. The number of aryl methyl sites for hydroxylation is 1. The molecule has 2 rings (SSSR count). The molecule has 1 fully saturated rings. The number of piperazine rings is 1. The van der Waals surface area contributed by atoms with Crippen molar-refractivity contribution in [1.29, 1.82) is 0 Å². The fourth-order valence-corrected chi connectivity index (χ4v) is 4.11. The molecule has 1 aliphatic heterocycles. The second-order valence-electron chi connectivity index (χ2n) is 6.21. The second kappa shape index (κ2) is 12.8. The van der Waals surface area contributed by atoms with Gasteiger partial charge < -0.3 is 15.1 Å². The number of aliphatic imine (C=N–C) groups is 1. The topological polar surface area (TPSA) is 103 Å². The van der Waals surface area contributed by atoms with Gasteiger partial charge in [0.05, 0.1) is 5.75 Å². The van der Waals surface area contributed by atoms with Crippen LogP contribution >= 0.6 is 35.5 Å². The van der Waals surface area contributed by atoms with Gasteiger partial charge in [0, 0.05) is 63.8 Å². The molecule has 0 atom stereocenters. The van der Waals surface area contributed by atoms with Crippen molar-refractivity contribution in [3.05, 3.63) is 5.82 Å². The monoisotopic (exact) mass is 545 g/mol. The smallest absolute Gasteiger partial charge is 0.211 e. The highest BCUT2D eigenvalue weighted by Crippen LogP contribution is 2.19. The highest BCUT2D eigenvalue weighted by atomic mass is 127. The van der Waals surface area contributed by atoms with E-state index in [2.05, 4.69) is 48.0 Å². The lowest BCUT2D eigenvalue weighted by molar-refractivity contribution is 0.372. The zero-order chi connectivity index (χ0) is 19.7. The van der Waals surface area contributed by atoms with Crippen molar-refractivity contribution in [1.82, 2.24) is 24.3 Å². The van der Waals surface area contributed by atoms with Crippen LogP contribution in [0, 0.1) is 0 Å². The van der Waals surface area contributed by atoms with Crippen LogP contribution in [0.3, 0.4) is 0 Å². The number of hydrogen-bond acceptors (Lipinski definition) is 7. The summed E-state index contributed by atoms with van der Waals surface area (Å²) >= 11 is 1.47. The Balaban J connectivity index is 0.00000392. The predicted octanol–water partition coefficient (Wildman–Crippen LogP) is 1.14. The van der Waals surface area contributed by atoms with Crippen molar-refractivity contribution in [2.24, 2.45) is 4.99 Å². The third kappa shape index (κ3) is 7.95. The lowest BCUT2D eigenvalue weighted by Crippen LogP contribution is -2.52. The normalized spacial score (nSPS) is 15.5. The Morgan fingerprint density at radius 1 is 1.21 bits per heavy atom. The number of aromatic nitrogens is 2. The number of halogens is 1. The van der Waals surface area contributed by atoms with Crippen molar-refractivity contribution in [3.8, 4) is 0 Å². The van der Waals surface area contributed by atoms with E-state index in [1.807, 2.05) is 0 Å². The Hall–Kier alpha value is -0.730. The minimum absolute atomic E-state index is 0. The van der Waals surface area contributed by atoms with Crippen LogP contribution in [0.25, 0.3) is 0 Å². The molecule has 1 aromatic heterocycles. The van der Waals surface area contributed by atoms with Crippen LogP contribution in [0.2, 0.25) is 0 Å². The zero-order valence-corrected chi connectivity index (χ0v) is 20.8. The van der Waals surface area contributed by atoms with Gasteiger partial charge in [-0.1, -0.05) is 6.92 Å². The summed E-state index contributed by atoms with van der Waals surface area (Å²) in [7, 11) is -3.12. The molecule has 2 heterocycles. The Labute approximate surface area is 189 Å². The first-order valence-electron chi connectivity index (χ1n) is 9.57. The second-order valence-corrected chi connectivity index (χ2v) is 9.03. The first kappa shape index (κ1) is 25.3. The van der Waals surface area contributed by atoms with E-state index < -0.39 is 10.0 Å². The van der Waals surface area contributed by atoms with Gasteiger partial charge in [0.15, 0.2) is 5.96 Å². The van der Waals surface area contributed by atoms with E-state index in [1.54, 1.807) is 6.92 Å². The van der Waals surface area contributed by atoms with Crippen molar-refractivity contribution < 1.29 is 8.42 Å². The summed E-state index contributed by atoms with van der Waals surface area (Å²) in [6, 6.07) is 0. The zero-order valence-electron chi connectivity index (χ0n) is 16.8. The van der Waals surface area contributed by atoms with E-state index in [-0.39, 0.29) is 29.7 Å². The van der Waals surface area contributed by atoms with Crippen molar-refractivity contribution >= 4 is 56.6 Å². The molecule has 28 heavy (non-hydrogen) atoms. The van der Waals surface area contributed by atoms with Crippen LogP contribution in [0.5, 0.6) is 0 Å². The first-order chi connectivity index (χ1) is 13.0. The molecular formula is C16H32IN7O2S2. The van der Waals surface area contributed by atoms with Gasteiger partial charge in [-0.15, -0.1) is 24.0 Å². The van der Waals surface area contributed by atoms with E-state index in [1.165, 1.54) is 11.5 Å². The molecule has 0 saturated carbocycles. The quantitative estimate of drug-likeness (QED) is 0.208. The summed E-state index contributed by atoms with van der Waals surface area (Å²) in [5, 5.41) is 4.33. The van der Waals surface area contributed by atoms with Crippen LogP contribution in [0.1, 0.15) is 33.0 Å². The van der Waals surface area contributed by atoms with Gasteiger partial charge in [0.1, 0.15) is 5.82 Å². The minimum atomic E-state index is -3.12. The van der Waals surface area contributed by atoms with Gasteiger partial charge in [-0.3, -0.25) is 4.99 Å². The molecule has 0 bridgehead atoms. The highest BCUT2D eigenvalue weighted by molar-refractivity contribution is 14.0. The molecule has 1 aromatic rings. The maximum Gasteiger partial charge on any atom is 0.211 e. The Bertz CT molecular complexity index is 704. The summed E-state index contributed by atoms with van der Waals surface area (Å²) in [4.78, 5) is 13.7. The molecule has 0 aromatic carbocycles. The number of hydrogen-bond donors (Lipinski definition) is 2. The average molecular weight is 546 g/mol. The van der Waals surface area contributed by atoms with Gasteiger partial charge in [0.2, 0.25) is 15.2 Å². The van der Waals surface area contributed by atoms with Crippen LogP contribution in [-0.4, -0.2) is 80.2 Å². The molecule has 0 aliphatic carbocycles. The molecule has 0 amide bonds. The lowest BCUT2D eigenvalue weighted by atomic mass is 10.3. The molecule has 2 N–H and O–H groups in total. The van der Waals surface area contributed by atoms with Crippen LogP contribution in [0.4, 0.5) is 5.13 Å². The molecule has 1 aliphatic rings. The fourth-order valence-electron chi connectivity index (χ4n) is 2.65. The van der Waals surface area contributed by atoms with E-state index >= 15 is 0 Å². The number of sulfonamides is 1. The van der Waals surface area contributed by atoms with Gasteiger partial charge in [0.25, 0.3) is 0 Å². The summed E-state index contributed by atoms with van der Waals surface area (Å²) < 4.78 is 29.8. The van der Waals surface area contributed by atoms with Crippen LogP contribution in [-0.2, 0) is 16.4 Å². The van der Waals surface area contributed by atoms with E-state index in [9.17, 15) is 8.42 Å². The Kier molecular flexibility index (Phi) is 11.5. The summed E-state index contributed by atoms with van der Waals surface area (Å²) in [6.45, 7) is 11.1. The number of rotatable bonds is 9. The van der Waals surface area contributed by atoms with Gasteiger partial charge in [-0.05, 0) is 20.3 Å². The number of nitrogens with one attached hydrogen (secondary N) is 2. The van der Waals surface area contributed by atoms with Gasteiger partial charge in [-0.2, -0.15) is 4.37 Å². The molecule has 0 radical (unpaired) electrons. The summed E-state index contributed by atoms with van der Waals surface area (Å²) in [5.74, 6) is 1.91. The molecule has 12 heteroatoms. The molecule has 1 saturated heterocycles. The van der Waals surface area contributed by atoms with Crippen molar-refractivity contribution in [3.63, 3.8) is 0 Å². The number of anilines is 1. The largest absolute Gasteiger partial charge is 0.357 e. The van der Waals surface area contributed by atoms with Crippen molar-refractivity contribution in [2.45, 2.75) is 33.6 Å². The molecule has 9 nitrogen and oxygen atoms in total. The van der Waals surface area contributed by atoms with E-state index in [0.717, 1.165) is 56.1 Å². The molecule has 0 spiro atoms. The van der Waals surface area contributed by atoms with E-state index in [0.29, 0.717) is 19.5 Å². The Morgan fingerprint density at radius 3 is 2.50 bits per heavy atom. The summed E-state index contributed by atoms with van der Waals surface area (Å²) in [5.41, 5.74) is 0. The SMILES string of the molecule is CCNC(=NCCCNS(=O)(=O)CC)N1CCN(c2nc(CC)ns2)CC1.I. The van der Waals surface area contributed by atoms with Crippen molar-refractivity contribution in [2.75, 3.05) is 56.5 Å². The predicted molar refractivity (Wildman–Crippen MR) is 127 cm³/mol. The average Bonchev–Trinajstić information content (AvgIpc) is 3.16. The lowest BCUT2D eigenvalue weighted by Gasteiger charge is -2.36. The third-order valence-electron chi connectivity index (χ3n) is 4.26. The van der Waals surface area contributed by atoms with Crippen LogP contribution in [0.15, 0.2) is 4.99 Å². The molecule has 162 valence electrons.